The van der Waals surface area contributed by atoms with Crippen LogP contribution in [0.4, 0.5) is 5.82 Å². The smallest absolute Gasteiger partial charge is 0.134 e. The van der Waals surface area contributed by atoms with Gasteiger partial charge in [-0.2, -0.15) is 0 Å². The lowest BCUT2D eigenvalue weighted by molar-refractivity contribution is 0.335. The van der Waals surface area contributed by atoms with Crippen molar-refractivity contribution < 1.29 is 0 Å². The van der Waals surface area contributed by atoms with Crippen LogP contribution in [0.25, 0.3) is 0 Å². The third-order valence-corrected chi connectivity index (χ3v) is 4.06. The Hall–Kier alpha value is -0.830. The van der Waals surface area contributed by atoms with Crippen molar-refractivity contribution >= 4 is 17.4 Å². The summed E-state index contributed by atoms with van der Waals surface area (Å²) in [5, 5.41) is 0.549. The van der Waals surface area contributed by atoms with Crippen LogP contribution in [0.15, 0.2) is 6.07 Å². The van der Waals surface area contributed by atoms with E-state index in [2.05, 4.69) is 35.8 Å². The maximum atomic E-state index is 6.06. The Morgan fingerprint density at radius 3 is 2.83 bits per heavy atom. The molecule has 1 aliphatic carbocycles. The van der Waals surface area contributed by atoms with E-state index in [1.54, 1.807) is 0 Å². The van der Waals surface area contributed by atoms with Crippen LogP contribution in [0.3, 0.4) is 0 Å². The number of hydrogen-bond donors (Lipinski definition) is 0. The molecule has 3 nitrogen and oxygen atoms in total. The first-order chi connectivity index (χ1) is 8.60. The highest BCUT2D eigenvalue weighted by atomic mass is 35.5. The second kappa shape index (κ2) is 5.87. The van der Waals surface area contributed by atoms with E-state index in [4.69, 9.17) is 11.6 Å². The quantitative estimate of drug-likeness (QED) is 0.782. The molecule has 0 N–H and O–H groups in total. The van der Waals surface area contributed by atoms with Gasteiger partial charge in [-0.15, -0.1) is 0 Å². The van der Waals surface area contributed by atoms with Crippen LogP contribution in [-0.2, 0) is 6.42 Å². The van der Waals surface area contributed by atoms with E-state index < -0.39 is 0 Å². The summed E-state index contributed by atoms with van der Waals surface area (Å²) in [7, 11) is 2.13. The van der Waals surface area contributed by atoms with E-state index in [-0.39, 0.29) is 0 Å². The van der Waals surface area contributed by atoms with Gasteiger partial charge in [0.05, 0.1) is 0 Å². The molecule has 1 fully saturated rings. The molecular weight excluding hydrogens is 246 g/mol. The van der Waals surface area contributed by atoms with Gasteiger partial charge in [0.1, 0.15) is 16.8 Å². The zero-order chi connectivity index (χ0) is 13.1. The minimum Gasteiger partial charge on any atom is -0.357 e. The number of halogens is 1. The van der Waals surface area contributed by atoms with Crippen LogP contribution >= 0.6 is 11.6 Å². The summed E-state index contributed by atoms with van der Waals surface area (Å²) in [6.07, 6.45) is 6.00. The Morgan fingerprint density at radius 1 is 1.39 bits per heavy atom. The Balaban J connectivity index is 2.16. The number of hydrogen-bond acceptors (Lipinski definition) is 3. The number of anilines is 1. The molecule has 0 aromatic carbocycles. The number of nitrogens with zero attached hydrogens (tertiary/aromatic N) is 3. The van der Waals surface area contributed by atoms with Crippen LogP contribution in [0.5, 0.6) is 0 Å². The highest BCUT2D eigenvalue weighted by Crippen LogP contribution is 2.29. The van der Waals surface area contributed by atoms with Gasteiger partial charge in [-0.1, -0.05) is 38.3 Å². The molecule has 1 aliphatic rings. The minimum absolute atomic E-state index is 0.549. The number of aryl methyl sites for hydroxylation is 1. The molecule has 0 saturated heterocycles. The molecule has 2 unspecified atom stereocenters. The summed E-state index contributed by atoms with van der Waals surface area (Å²) in [5.41, 5.74) is 0. The minimum atomic E-state index is 0.549. The van der Waals surface area contributed by atoms with Crippen LogP contribution < -0.4 is 4.90 Å². The van der Waals surface area contributed by atoms with Gasteiger partial charge >= 0.3 is 0 Å². The summed E-state index contributed by atoms with van der Waals surface area (Å²) >= 11 is 6.06. The van der Waals surface area contributed by atoms with Gasteiger partial charge in [-0.05, 0) is 18.8 Å². The number of rotatable bonds is 3. The van der Waals surface area contributed by atoms with Gasteiger partial charge in [0.2, 0.25) is 0 Å². The van der Waals surface area contributed by atoms with Gasteiger partial charge in [0, 0.05) is 25.6 Å². The fourth-order valence-electron chi connectivity index (χ4n) is 2.73. The van der Waals surface area contributed by atoms with Crippen molar-refractivity contribution in [3.63, 3.8) is 0 Å². The standard InChI is InChI=1S/C14H22ClN3/c1-4-13-16-12(15)9-14(17-13)18(3)11-7-5-6-10(2)8-11/h9-11H,4-8H2,1-3H3. The third-order valence-electron chi connectivity index (χ3n) is 3.86. The van der Waals surface area contributed by atoms with Crippen LogP contribution in [0, 0.1) is 5.92 Å². The monoisotopic (exact) mass is 267 g/mol. The highest BCUT2D eigenvalue weighted by Gasteiger charge is 2.23. The molecule has 1 heterocycles. The first-order valence-corrected chi connectivity index (χ1v) is 7.24. The molecular formula is C14H22ClN3. The van der Waals surface area contributed by atoms with E-state index in [0.29, 0.717) is 11.2 Å². The molecule has 1 aromatic heterocycles. The van der Waals surface area contributed by atoms with E-state index in [0.717, 1.165) is 24.0 Å². The van der Waals surface area contributed by atoms with Crippen molar-refractivity contribution in [2.24, 2.45) is 5.92 Å². The van der Waals surface area contributed by atoms with Gasteiger partial charge in [-0.25, -0.2) is 9.97 Å². The Morgan fingerprint density at radius 2 is 2.17 bits per heavy atom. The second-order valence-corrected chi connectivity index (χ2v) is 5.74. The molecule has 1 aromatic rings. The Kier molecular flexibility index (Phi) is 4.44. The van der Waals surface area contributed by atoms with Gasteiger partial charge in [0.15, 0.2) is 0 Å². The first kappa shape index (κ1) is 13.6. The van der Waals surface area contributed by atoms with E-state index in [1.807, 2.05) is 6.07 Å². The molecule has 2 atom stereocenters. The predicted molar refractivity (Wildman–Crippen MR) is 76.2 cm³/mol. The van der Waals surface area contributed by atoms with E-state index >= 15 is 0 Å². The molecule has 0 bridgehead atoms. The summed E-state index contributed by atoms with van der Waals surface area (Å²) < 4.78 is 0. The topological polar surface area (TPSA) is 29.0 Å². The Bertz CT molecular complexity index is 408. The van der Waals surface area contributed by atoms with Crippen LogP contribution in [-0.4, -0.2) is 23.1 Å². The molecule has 0 aliphatic heterocycles. The van der Waals surface area contributed by atoms with Gasteiger partial charge in [-0.3, -0.25) is 0 Å². The fraction of sp³-hybridized carbons (Fsp3) is 0.714. The van der Waals surface area contributed by atoms with Crippen LogP contribution in [0.1, 0.15) is 45.4 Å². The molecule has 18 heavy (non-hydrogen) atoms. The molecule has 4 heteroatoms. The summed E-state index contributed by atoms with van der Waals surface area (Å²) in [5.74, 6) is 2.60. The van der Waals surface area contributed by atoms with Crippen molar-refractivity contribution in [3.8, 4) is 0 Å². The Labute approximate surface area is 115 Å². The summed E-state index contributed by atoms with van der Waals surface area (Å²) in [6.45, 7) is 4.39. The zero-order valence-electron chi connectivity index (χ0n) is 11.5. The van der Waals surface area contributed by atoms with E-state index in [1.165, 1.54) is 25.7 Å². The van der Waals surface area contributed by atoms with Crippen molar-refractivity contribution in [2.75, 3.05) is 11.9 Å². The molecule has 0 radical (unpaired) electrons. The molecule has 1 saturated carbocycles. The van der Waals surface area contributed by atoms with Crippen molar-refractivity contribution in [3.05, 3.63) is 17.0 Å². The van der Waals surface area contributed by atoms with Gasteiger partial charge in [0.25, 0.3) is 0 Å². The normalized spacial score (nSPS) is 24.0. The average Bonchev–Trinajstić information content (AvgIpc) is 2.37. The first-order valence-electron chi connectivity index (χ1n) is 6.86. The zero-order valence-corrected chi connectivity index (χ0v) is 12.2. The number of aromatic nitrogens is 2. The lowest BCUT2D eigenvalue weighted by atomic mass is 9.86. The lowest BCUT2D eigenvalue weighted by Gasteiger charge is -2.35. The summed E-state index contributed by atoms with van der Waals surface area (Å²) in [4.78, 5) is 11.1. The third kappa shape index (κ3) is 3.14. The fourth-order valence-corrected chi connectivity index (χ4v) is 2.93. The molecule has 2 rings (SSSR count). The average molecular weight is 268 g/mol. The van der Waals surface area contributed by atoms with Crippen molar-refractivity contribution in [2.45, 2.75) is 52.0 Å². The summed E-state index contributed by atoms with van der Waals surface area (Å²) in [6, 6.07) is 2.46. The molecule has 0 spiro atoms. The second-order valence-electron chi connectivity index (χ2n) is 5.36. The maximum Gasteiger partial charge on any atom is 0.134 e. The maximum absolute atomic E-state index is 6.06. The SMILES string of the molecule is CCc1nc(Cl)cc(N(C)C2CCCC(C)C2)n1. The molecule has 100 valence electrons. The largest absolute Gasteiger partial charge is 0.357 e. The lowest BCUT2D eigenvalue weighted by Crippen LogP contribution is -2.36. The van der Waals surface area contributed by atoms with Gasteiger partial charge < -0.3 is 4.90 Å². The van der Waals surface area contributed by atoms with Crippen molar-refractivity contribution in [1.29, 1.82) is 0 Å². The van der Waals surface area contributed by atoms with Crippen LogP contribution in [0.2, 0.25) is 5.15 Å². The highest BCUT2D eigenvalue weighted by molar-refractivity contribution is 6.29. The van der Waals surface area contributed by atoms with E-state index in [9.17, 15) is 0 Å². The molecule has 0 amide bonds. The van der Waals surface area contributed by atoms with Crippen molar-refractivity contribution in [1.82, 2.24) is 9.97 Å². The predicted octanol–water partition coefficient (Wildman–Crippen LogP) is 3.71.